The Labute approximate surface area is 215 Å². The van der Waals surface area contributed by atoms with Gasteiger partial charge in [0.15, 0.2) is 0 Å². The first-order chi connectivity index (χ1) is 17.3. The Bertz CT molecular complexity index is 1140. The van der Waals surface area contributed by atoms with Gasteiger partial charge in [0, 0.05) is 39.1 Å². The van der Waals surface area contributed by atoms with E-state index in [-0.39, 0.29) is 11.8 Å². The molecule has 0 aliphatic carbocycles. The highest BCUT2D eigenvalue weighted by Crippen LogP contribution is 2.23. The Balaban J connectivity index is 1.38. The maximum atomic E-state index is 13.1. The number of hydrogen-bond donors (Lipinski definition) is 0. The fourth-order valence-electron chi connectivity index (χ4n) is 4.54. The van der Waals surface area contributed by atoms with Crippen LogP contribution in [-0.2, 0) is 33.8 Å². The number of nitrogens with zero attached hydrogens (tertiary/aromatic N) is 3. The molecule has 1 aliphatic rings. The number of ether oxygens (including phenoxy) is 3. The second-order valence-electron chi connectivity index (χ2n) is 10.9. The van der Waals surface area contributed by atoms with E-state index in [1.807, 2.05) is 40.0 Å². The number of fused-ring (bicyclic) bond motifs is 1. The van der Waals surface area contributed by atoms with Gasteiger partial charge >= 0.3 is 0 Å². The molecule has 1 amide bonds. The molecule has 0 saturated carbocycles. The first-order valence-corrected chi connectivity index (χ1v) is 16.5. The molecule has 0 radical (unpaired) electrons. The third kappa shape index (κ3) is 7.18. The van der Waals surface area contributed by atoms with E-state index >= 15 is 0 Å². The number of benzene rings is 2. The molecule has 0 spiro atoms. The van der Waals surface area contributed by atoms with Crippen molar-refractivity contribution in [1.82, 2.24) is 14.7 Å². The summed E-state index contributed by atoms with van der Waals surface area (Å²) in [6, 6.07) is 15.2. The van der Waals surface area contributed by atoms with Crippen molar-refractivity contribution in [2.45, 2.75) is 45.3 Å². The molecule has 2 aromatic carbocycles. The average Bonchev–Trinajstić information content (AvgIpc) is 3.12. The highest BCUT2D eigenvalue weighted by Gasteiger charge is 2.24. The lowest BCUT2D eigenvalue weighted by atomic mass is 9.97. The van der Waals surface area contributed by atoms with Crippen molar-refractivity contribution in [2.75, 3.05) is 40.0 Å². The summed E-state index contributed by atoms with van der Waals surface area (Å²) >= 11 is 0. The van der Waals surface area contributed by atoms with Crippen LogP contribution >= 0.6 is 0 Å². The van der Waals surface area contributed by atoms with Crippen LogP contribution in [0.15, 0.2) is 48.7 Å². The smallest absolute Gasteiger partial charge is 0.227 e. The third-order valence-electron chi connectivity index (χ3n) is 6.70. The summed E-state index contributed by atoms with van der Waals surface area (Å²) in [7, 11) is 0.534. The van der Waals surface area contributed by atoms with Gasteiger partial charge in [-0.3, -0.25) is 4.79 Å². The predicted molar refractivity (Wildman–Crippen MR) is 145 cm³/mol. The number of aromatic nitrogens is 2. The second kappa shape index (κ2) is 12.0. The summed E-state index contributed by atoms with van der Waals surface area (Å²) in [6.45, 7) is 10.9. The van der Waals surface area contributed by atoms with Crippen molar-refractivity contribution in [3.63, 3.8) is 0 Å². The molecule has 194 valence electrons. The van der Waals surface area contributed by atoms with Crippen molar-refractivity contribution in [3.8, 4) is 5.75 Å². The van der Waals surface area contributed by atoms with Crippen molar-refractivity contribution in [3.05, 3.63) is 59.8 Å². The van der Waals surface area contributed by atoms with Crippen LogP contribution in [0.25, 0.3) is 10.9 Å². The number of carbonyl (C=O) groups excluding carboxylic acids is 1. The van der Waals surface area contributed by atoms with Crippen LogP contribution in [0.5, 0.6) is 5.75 Å². The fraction of sp³-hybridized carbons (Fsp3) is 0.500. The first-order valence-electron chi connectivity index (χ1n) is 12.8. The van der Waals surface area contributed by atoms with E-state index < -0.39 is 8.07 Å². The van der Waals surface area contributed by atoms with Crippen LogP contribution in [0.3, 0.4) is 0 Å². The van der Waals surface area contributed by atoms with Gasteiger partial charge in [-0.1, -0.05) is 43.9 Å². The van der Waals surface area contributed by atoms with Gasteiger partial charge in [-0.05, 0) is 41.8 Å². The maximum absolute atomic E-state index is 13.1. The topological polar surface area (TPSA) is 65.8 Å². The quantitative estimate of drug-likeness (QED) is 0.295. The van der Waals surface area contributed by atoms with Gasteiger partial charge in [0.05, 0.1) is 38.5 Å². The summed E-state index contributed by atoms with van der Waals surface area (Å²) in [5, 5.41) is 5.75. The van der Waals surface area contributed by atoms with E-state index in [1.165, 1.54) is 5.56 Å². The molecule has 4 rings (SSSR count). The first kappa shape index (κ1) is 26.4. The minimum Gasteiger partial charge on any atom is -0.497 e. The molecule has 1 aromatic heterocycles. The van der Waals surface area contributed by atoms with Crippen molar-refractivity contribution >= 4 is 24.9 Å². The lowest BCUT2D eigenvalue weighted by Crippen LogP contribution is -2.37. The van der Waals surface area contributed by atoms with Crippen LogP contribution in [0.4, 0.5) is 0 Å². The van der Waals surface area contributed by atoms with Crippen molar-refractivity contribution < 1.29 is 19.0 Å². The van der Waals surface area contributed by atoms with Crippen LogP contribution in [0, 0.1) is 5.92 Å². The molecule has 2 heterocycles. The molecule has 7 nitrogen and oxygen atoms in total. The van der Waals surface area contributed by atoms with Gasteiger partial charge in [0.1, 0.15) is 12.5 Å². The number of rotatable bonds is 10. The zero-order chi connectivity index (χ0) is 25.5. The van der Waals surface area contributed by atoms with E-state index in [1.54, 1.807) is 7.11 Å². The molecule has 1 saturated heterocycles. The van der Waals surface area contributed by atoms with Crippen molar-refractivity contribution in [2.24, 2.45) is 5.92 Å². The molecule has 8 heteroatoms. The molecule has 36 heavy (non-hydrogen) atoms. The van der Waals surface area contributed by atoms with Gasteiger partial charge in [-0.15, -0.1) is 0 Å². The molecular weight excluding hydrogens is 470 g/mol. The lowest BCUT2D eigenvalue weighted by molar-refractivity contribution is -0.130. The maximum Gasteiger partial charge on any atom is 0.227 e. The zero-order valence-corrected chi connectivity index (χ0v) is 23.0. The molecule has 0 N–H and O–H groups in total. The van der Waals surface area contributed by atoms with Gasteiger partial charge < -0.3 is 19.1 Å². The van der Waals surface area contributed by atoms with Crippen LogP contribution in [0.1, 0.15) is 11.1 Å². The fourth-order valence-corrected chi connectivity index (χ4v) is 5.30. The monoisotopic (exact) mass is 509 g/mol. The Hall–Kier alpha value is -2.68. The molecule has 1 aliphatic heterocycles. The molecule has 0 bridgehead atoms. The highest BCUT2D eigenvalue weighted by atomic mass is 28.3. The summed E-state index contributed by atoms with van der Waals surface area (Å²) in [4.78, 5) is 15.0. The molecular formula is C28H39N3O4Si. The van der Waals surface area contributed by atoms with Crippen LogP contribution < -0.4 is 4.74 Å². The van der Waals surface area contributed by atoms with Gasteiger partial charge in [0.25, 0.3) is 0 Å². The standard InChI is InChI=1S/C28H39N3O4Si/c1-33-25-10-8-22(9-11-25)17-28(32)30-12-13-34-20-23(19-30)16-24-6-5-7-27-26(24)18-29-31(27)21-35-14-15-36(2,3)4/h5-11,18,23H,12-17,19-21H2,1-4H3. The lowest BCUT2D eigenvalue weighted by Gasteiger charge is -2.24. The summed E-state index contributed by atoms with van der Waals surface area (Å²) in [6.07, 6.45) is 3.17. The predicted octanol–water partition coefficient (Wildman–Crippen LogP) is 4.62. The Morgan fingerprint density at radius 1 is 1.17 bits per heavy atom. The largest absolute Gasteiger partial charge is 0.497 e. The van der Waals surface area contributed by atoms with E-state index in [2.05, 4.69) is 42.9 Å². The molecule has 3 aromatic rings. The normalized spacial score (nSPS) is 16.8. The number of carbonyl (C=O) groups is 1. The van der Waals surface area contributed by atoms with E-state index in [0.717, 1.165) is 41.3 Å². The Kier molecular flexibility index (Phi) is 8.82. The average molecular weight is 510 g/mol. The van der Waals surface area contributed by atoms with Crippen molar-refractivity contribution in [1.29, 1.82) is 0 Å². The third-order valence-corrected chi connectivity index (χ3v) is 8.41. The van der Waals surface area contributed by atoms with Crippen LogP contribution in [-0.4, -0.2) is 68.7 Å². The van der Waals surface area contributed by atoms with Gasteiger partial charge in [-0.2, -0.15) is 5.10 Å². The zero-order valence-electron chi connectivity index (χ0n) is 22.0. The summed E-state index contributed by atoms with van der Waals surface area (Å²) < 4.78 is 19.0. The second-order valence-corrected chi connectivity index (χ2v) is 16.5. The van der Waals surface area contributed by atoms with Gasteiger partial charge in [-0.25, -0.2) is 4.68 Å². The van der Waals surface area contributed by atoms with E-state index in [4.69, 9.17) is 14.2 Å². The van der Waals surface area contributed by atoms with E-state index in [0.29, 0.717) is 39.5 Å². The van der Waals surface area contributed by atoms with Crippen LogP contribution in [0.2, 0.25) is 25.7 Å². The molecule has 1 atom stereocenters. The number of methoxy groups -OCH3 is 1. The molecule has 1 unspecified atom stereocenters. The van der Waals surface area contributed by atoms with Gasteiger partial charge in [0.2, 0.25) is 5.91 Å². The molecule has 1 fully saturated rings. The summed E-state index contributed by atoms with van der Waals surface area (Å²) in [5.74, 6) is 1.16. The highest BCUT2D eigenvalue weighted by molar-refractivity contribution is 6.76. The minimum absolute atomic E-state index is 0.136. The Morgan fingerprint density at radius 2 is 1.97 bits per heavy atom. The summed E-state index contributed by atoms with van der Waals surface area (Å²) in [5.41, 5.74) is 3.31. The number of hydrogen-bond acceptors (Lipinski definition) is 5. The number of amides is 1. The SMILES string of the molecule is COc1ccc(CC(=O)N2CCOCC(Cc3cccc4c3cnn4COCC[Si](C)(C)C)C2)cc1. The Morgan fingerprint density at radius 3 is 2.72 bits per heavy atom. The van der Waals surface area contributed by atoms with E-state index in [9.17, 15) is 4.79 Å². The minimum atomic E-state index is -1.11.